The van der Waals surface area contributed by atoms with Gasteiger partial charge in [0, 0.05) is 5.56 Å². The molecule has 7 heteroatoms. The van der Waals surface area contributed by atoms with Gasteiger partial charge >= 0.3 is 5.97 Å². The van der Waals surface area contributed by atoms with E-state index >= 15 is 0 Å². The Kier molecular flexibility index (Phi) is 6.78. The number of hydrogen-bond acceptors (Lipinski definition) is 6. The van der Waals surface area contributed by atoms with Crippen molar-refractivity contribution < 1.29 is 23.8 Å². The number of carbonyl (C=O) groups excluding carboxylic acids is 2. The third-order valence-electron chi connectivity index (χ3n) is 4.13. The van der Waals surface area contributed by atoms with E-state index in [2.05, 4.69) is 10.5 Å². The summed E-state index contributed by atoms with van der Waals surface area (Å²) in [4.78, 5) is 24.3. The molecule has 0 spiro atoms. The molecular formula is C23H20N2O5. The monoisotopic (exact) mass is 404 g/mol. The van der Waals surface area contributed by atoms with Crippen molar-refractivity contribution in [2.75, 3.05) is 14.2 Å². The third-order valence-corrected chi connectivity index (χ3v) is 4.13. The largest absolute Gasteiger partial charge is 0.493 e. The predicted molar refractivity (Wildman–Crippen MR) is 112 cm³/mol. The number of hydrazone groups is 1. The van der Waals surface area contributed by atoms with E-state index in [1.807, 2.05) is 6.07 Å². The number of hydrogen-bond donors (Lipinski definition) is 1. The molecule has 3 aromatic rings. The van der Waals surface area contributed by atoms with E-state index in [9.17, 15) is 9.59 Å². The first-order valence-corrected chi connectivity index (χ1v) is 9.03. The Bertz CT molecular complexity index is 1050. The lowest BCUT2D eigenvalue weighted by Gasteiger charge is -2.09. The van der Waals surface area contributed by atoms with E-state index in [4.69, 9.17) is 14.2 Å². The fraction of sp³-hybridized carbons (Fsp3) is 0.0870. The molecule has 0 aliphatic carbocycles. The van der Waals surface area contributed by atoms with Gasteiger partial charge in [-0.05, 0) is 60.2 Å². The van der Waals surface area contributed by atoms with Crippen LogP contribution in [0.2, 0.25) is 0 Å². The van der Waals surface area contributed by atoms with E-state index < -0.39 is 5.97 Å². The zero-order valence-corrected chi connectivity index (χ0v) is 16.5. The summed E-state index contributed by atoms with van der Waals surface area (Å²) < 4.78 is 15.7. The van der Waals surface area contributed by atoms with Gasteiger partial charge in [0.2, 0.25) is 0 Å². The molecular weight excluding hydrogens is 384 g/mol. The molecule has 1 amide bonds. The summed E-state index contributed by atoms with van der Waals surface area (Å²) in [7, 11) is 3.02. The Labute approximate surface area is 173 Å². The van der Waals surface area contributed by atoms with Crippen molar-refractivity contribution in [1.82, 2.24) is 5.43 Å². The summed E-state index contributed by atoms with van der Waals surface area (Å²) in [6.45, 7) is 0. The zero-order chi connectivity index (χ0) is 21.3. The molecule has 0 unspecified atom stereocenters. The Balaban J connectivity index is 1.59. The van der Waals surface area contributed by atoms with Crippen LogP contribution in [0.4, 0.5) is 0 Å². The Hall–Kier alpha value is -4.13. The maximum atomic E-state index is 12.4. The Morgan fingerprint density at radius 2 is 1.53 bits per heavy atom. The van der Waals surface area contributed by atoms with Crippen LogP contribution in [0.15, 0.2) is 77.9 Å². The van der Waals surface area contributed by atoms with Crippen molar-refractivity contribution >= 4 is 18.1 Å². The molecule has 0 heterocycles. The van der Waals surface area contributed by atoms with Gasteiger partial charge < -0.3 is 14.2 Å². The van der Waals surface area contributed by atoms with Gasteiger partial charge in [0.25, 0.3) is 5.91 Å². The standard InChI is InChI=1S/C23H20N2O5/c1-28-20-13-10-18(14-21(20)29-2)23(27)30-19-11-8-16(9-12-19)15-24-25-22(26)17-6-4-3-5-7-17/h3-15H,1-2H3,(H,25,26)/b24-15+. The highest BCUT2D eigenvalue weighted by Crippen LogP contribution is 2.28. The van der Waals surface area contributed by atoms with Crippen molar-refractivity contribution in [2.45, 2.75) is 0 Å². The van der Waals surface area contributed by atoms with E-state index in [0.717, 1.165) is 5.56 Å². The number of nitrogens with zero attached hydrogens (tertiary/aromatic N) is 1. The average Bonchev–Trinajstić information content (AvgIpc) is 2.80. The first kappa shape index (κ1) is 20.6. The predicted octanol–water partition coefficient (Wildman–Crippen LogP) is 3.69. The molecule has 1 N–H and O–H groups in total. The van der Waals surface area contributed by atoms with E-state index in [1.165, 1.54) is 20.4 Å². The van der Waals surface area contributed by atoms with Gasteiger partial charge in [-0.25, -0.2) is 10.2 Å². The van der Waals surface area contributed by atoms with Gasteiger partial charge in [0.15, 0.2) is 11.5 Å². The topological polar surface area (TPSA) is 86.2 Å². The van der Waals surface area contributed by atoms with Crippen LogP contribution < -0.4 is 19.6 Å². The van der Waals surface area contributed by atoms with Crippen LogP contribution in [-0.2, 0) is 0 Å². The lowest BCUT2D eigenvalue weighted by molar-refractivity contribution is 0.0734. The van der Waals surface area contributed by atoms with E-state index in [1.54, 1.807) is 66.7 Å². The molecule has 0 bridgehead atoms. The Morgan fingerprint density at radius 3 is 2.20 bits per heavy atom. The molecule has 0 aromatic heterocycles. The van der Waals surface area contributed by atoms with Crippen LogP contribution in [0.25, 0.3) is 0 Å². The number of methoxy groups -OCH3 is 2. The quantitative estimate of drug-likeness (QED) is 0.281. The summed E-state index contributed by atoms with van der Waals surface area (Å²) in [5.74, 6) is 0.521. The minimum Gasteiger partial charge on any atom is -0.493 e. The second-order valence-corrected chi connectivity index (χ2v) is 6.09. The van der Waals surface area contributed by atoms with Crippen LogP contribution >= 0.6 is 0 Å². The van der Waals surface area contributed by atoms with Gasteiger partial charge in [-0.3, -0.25) is 4.79 Å². The molecule has 0 saturated heterocycles. The van der Waals surface area contributed by atoms with Gasteiger partial charge in [-0.2, -0.15) is 5.10 Å². The number of ether oxygens (including phenoxy) is 3. The van der Waals surface area contributed by atoms with E-state index in [0.29, 0.717) is 28.4 Å². The number of nitrogens with one attached hydrogen (secondary N) is 1. The number of esters is 1. The SMILES string of the molecule is COc1ccc(C(=O)Oc2ccc(/C=N/NC(=O)c3ccccc3)cc2)cc1OC. The molecule has 3 rings (SSSR count). The smallest absolute Gasteiger partial charge is 0.343 e. The molecule has 0 saturated carbocycles. The van der Waals surface area contributed by atoms with Crippen LogP contribution in [0, 0.1) is 0 Å². The van der Waals surface area contributed by atoms with Gasteiger partial charge in [-0.1, -0.05) is 18.2 Å². The molecule has 0 radical (unpaired) electrons. The van der Waals surface area contributed by atoms with Crippen LogP contribution in [0.3, 0.4) is 0 Å². The maximum Gasteiger partial charge on any atom is 0.343 e. The van der Waals surface area contributed by atoms with Crippen molar-refractivity contribution in [3.8, 4) is 17.2 Å². The molecule has 0 fully saturated rings. The average molecular weight is 404 g/mol. The molecule has 30 heavy (non-hydrogen) atoms. The fourth-order valence-corrected chi connectivity index (χ4v) is 2.57. The second-order valence-electron chi connectivity index (χ2n) is 6.09. The number of carbonyl (C=O) groups is 2. The first-order valence-electron chi connectivity index (χ1n) is 9.03. The fourth-order valence-electron chi connectivity index (χ4n) is 2.57. The van der Waals surface area contributed by atoms with Gasteiger partial charge in [0.05, 0.1) is 26.0 Å². The minimum atomic E-state index is -0.521. The molecule has 7 nitrogen and oxygen atoms in total. The number of amides is 1. The minimum absolute atomic E-state index is 0.299. The van der Waals surface area contributed by atoms with Crippen molar-refractivity contribution in [2.24, 2.45) is 5.10 Å². The number of rotatable bonds is 7. The van der Waals surface area contributed by atoms with Crippen LogP contribution in [0.1, 0.15) is 26.3 Å². The molecule has 152 valence electrons. The molecule has 0 aliphatic rings. The summed E-state index contributed by atoms with van der Waals surface area (Å²) in [5, 5.41) is 3.93. The van der Waals surface area contributed by atoms with Gasteiger partial charge in [-0.15, -0.1) is 0 Å². The van der Waals surface area contributed by atoms with Crippen molar-refractivity contribution in [3.63, 3.8) is 0 Å². The van der Waals surface area contributed by atoms with Gasteiger partial charge in [0.1, 0.15) is 5.75 Å². The summed E-state index contributed by atoms with van der Waals surface area (Å²) in [6.07, 6.45) is 1.50. The third kappa shape index (κ3) is 5.23. The Morgan fingerprint density at radius 1 is 0.833 bits per heavy atom. The maximum absolute atomic E-state index is 12.4. The van der Waals surface area contributed by atoms with Crippen molar-refractivity contribution in [1.29, 1.82) is 0 Å². The van der Waals surface area contributed by atoms with E-state index in [-0.39, 0.29) is 5.91 Å². The zero-order valence-electron chi connectivity index (χ0n) is 16.5. The van der Waals surface area contributed by atoms with Crippen molar-refractivity contribution in [3.05, 3.63) is 89.5 Å². The summed E-state index contributed by atoms with van der Waals surface area (Å²) in [5.41, 5.74) is 4.05. The lowest BCUT2D eigenvalue weighted by Crippen LogP contribution is -2.17. The molecule has 0 atom stereocenters. The number of benzene rings is 3. The second kappa shape index (κ2) is 9.88. The normalized spacial score (nSPS) is 10.5. The highest BCUT2D eigenvalue weighted by atomic mass is 16.5. The van der Waals surface area contributed by atoms with Crippen LogP contribution in [-0.4, -0.2) is 32.3 Å². The molecule has 3 aromatic carbocycles. The van der Waals surface area contributed by atoms with Crippen LogP contribution in [0.5, 0.6) is 17.2 Å². The summed E-state index contributed by atoms with van der Waals surface area (Å²) in [6, 6.07) is 20.3. The summed E-state index contributed by atoms with van der Waals surface area (Å²) >= 11 is 0. The lowest BCUT2D eigenvalue weighted by atomic mass is 10.2. The highest BCUT2D eigenvalue weighted by molar-refractivity contribution is 5.95. The molecule has 0 aliphatic heterocycles. The first-order chi connectivity index (χ1) is 14.6. The highest BCUT2D eigenvalue weighted by Gasteiger charge is 2.13.